The normalized spacial score (nSPS) is 14.7. The minimum Gasteiger partial charge on any atom is -0.495 e. The van der Waals surface area contributed by atoms with Crippen LogP contribution in [-0.2, 0) is 14.8 Å². The summed E-state index contributed by atoms with van der Waals surface area (Å²) in [6, 6.07) is 13.4. The van der Waals surface area contributed by atoms with E-state index in [0.717, 1.165) is 15.6 Å². The first-order chi connectivity index (χ1) is 15.4. The maximum atomic E-state index is 13.5. The summed E-state index contributed by atoms with van der Waals surface area (Å²) in [5.74, 6) is 0.884. The van der Waals surface area contributed by atoms with Gasteiger partial charge in [0.05, 0.1) is 17.7 Å². The monoisotopic (exact) mass is 476 g/mol. The fourth-order valence-corrected chi connectivity index (χ4v) is 6.46. The zero-order chi connectivity index (χ0) is 23.0. The van der Waals surface area contributed by atoms with E-state index in [2.05, 4.69) is 5.32 Å². The van der Waals surface area contributed by atoms with Crippen molar-refractivity contribution in [2.24, 2.45) is 0 Å². The molecule has 1 aliphatic carbocycles. The van der Waals surface area contributed by atoms with Crippen molar-refractivity contribution >= 4 is 33.4 Å². The molecule has 0 spiro atoms. The molecule has 2 aromatic rings. The van der Waals surface area contributed by atoms with E-state index in [4.69, 9.17) is 4.74 Å². The van der Waals surface area contributed by atoms with Crippen LogP contribution >= 0.6 is 11.8 Å². The number of anilines is 1. The molecule has 1 aliphatic rings. The van der Waals surface area contributed by atoms with Gasteiger partial charge in [0.15, 0.2) is 0 Å². The molecule has 0 unspecified atom stereocenters. The number of thioether (sulfide) groups is 1. The number of nitrogens with one attached hydrogen (secondary N) is 1. The summed E-state index contributed by atoms with van der Waals surface area (Å²) in [7, 11) is -2.47. The van der Waals surface area contributed by atoms with Crippen LogP contribution in [0.15, 0.2) is 53.4 Å². The molecule has 1 amide bonds. The van der Waals surface area contributed by atoms with Crippen molar-refractivity contribution in [3.05, 3.63) is 54.1 Å². The van der Waals surface area contributed by atoms with E-state index in [1.807, 2.05) is 18.7 Å². The van der Waals surface area contributed by atoms with E-state index >= 15 is 0 Å². The van der Waals surface area contributed by atoms with Crippen LogP contribution in [0.25, 0.3) is 0 Å². The standard InChI is InChI=1S/C24H32N2O4S2/c1-19-12-14-21(15-13-19)32(28,29)26(22-10-6-7-11-23(22)30-2)18-24(27)25-16-17-31-20-8-4-3-5-9-20/h6-7,10-15,20H,3-5,8-9,16-18H2,1-2H3,(H,25,27). The van der Waals surface area contributed by atoms with Gasteiger partial charge in [0.25, 0.3) is 10.0 Å². The molecule has 0 aliphatic heterocycles. The van der Waals surface area contributed by atoms with Gasteiger partial charge in [0, 0.05) is 17.5 Å². The van der Waals surface area contributed by atoms with Gasteiger partial charge in [-0.2, -0.15) is 11.8 Å². The fourth-order valence-electron chi connectivity index (χ4n) is 3.81. The molecule has 0 heterocycles. The second-order valence-corrected chi connectivity index (χ2v) is 11.2. The minimum absolute atomic E-state index is 0.134. The van der Waals surface area contributed by atoms with E-state index in [1.165, 1.54) is 39.2 Å². The number of ether oxygens (including phenoxy) is 1. The summed E-state index contributed by atoms with van der Waals surface area (Å²) in [5, 5.41) is 3.56. The van der Waals surface area contributed by atoms with Gasteiger partial charge in [-0.15, -0.1) is 0 Å². The third-order valence-electron chi connectivity index (χ3n) is 5.58. The summed E-state index contributed by atoms with van der Waals surface area (Å²) in [4.78, 5) is 12.9. The number of aryl methyl sites for hydroxylation is 1. The Labute approximate surface area is 195 Å². The van der Waals surface area contributed by atoms with E-state index in [1.54, 1.807) is 48.5 Å². The number of hydrogen-bond donors (Lipinski definition) is 1. The molecule has 6 nitrogen and oxygen atoms in total. The van der Waals surface area contributed by atoms with Gasteiger partial charge >= 0.3 is 0 Å². The molecule has 0 bridgehead atoms. The van der Waals surface area contributed by atoms with Crippen LogP contribution in [0.1, 0.15) is 37.7 Å². The molecule has 0 atom stereocenters. The average Bonchev–Trinajstić information content (AvgIpc) is 2.81. The van der Waals surface area contributed by atoms with Crippen molar-refractivity contribution in [1.29, 1.82) is 0 Å². The lowest BCUT2D eigenvalue weighted by Crippen LogP contribution is -2.41. The van der Waals surface area contributed by atoms with Crippen LogP contribution in [-0.4, -0.2) is 45.5 Å². The minimum atomic E-state index is -3.96. The van der Waals surface area contributed by atoms with Gasteiger partial charge < -0.3 is 10.1 Å². The number of carbonyl (C=O) groups is 1. The highest BCUT2D eigenvalue weighted by Gasteiger charge is 2.29. The molecule has 174 valence electrons. The van der Waals surface area contributed by atoms with Gasteiger partial charge in [-0.25, -0.2) is 8.42 Å². The average molecular weight is 477 g/mol. The Morgan fingerprint density at radius 2 is 1.78 bits per heavy atom. The van der Waals surface area contributed by atoms with Gasteiger partial charge in [-0.3, -0.25) is 9.10 Å². The SMILES string of the molecule is COc1ccccc1N(CC(=O)NCCSC1CCCCC1)S(=O)(=O)c1ccc(C)cc1. The molecule has 1 N–H and O–H groups in total. The molecule has 1 saturated carbocycles. The molecule has 8 heteroatoms. The number of rotatable bonds is 10. The Balaban J connectivity index is 1.72. The fraction of sp³-hybridized carbons (Fsp3) is 0.458. The number of sulfonamides is 1. The second kappa shape index (κ2) is 11.6. The Hall–Kier alpha value is -2.19. The third kappa shape index (κ3) is 6.42. The van der Waals surface area contributed by atoms with Crippen LogP contribution in [0.2, 0.25) is 0 Å². The number of methoxy groups -OCH3 is 1. The summed E-state index contributed by atoms with van der Waals surface area (Å²) in [6.45, 7) is 2.10. The Morgan fingerprint density at radius 3 is 2.47 bits per heavy atom. The van der Waals surface area contributed by atoms with Crippen molar-refractivity contribution in [3.8, 4) is 5.75 Å². The molecular weight excluding hydrogens is 444 g/mol. The third-order valence-corrected chi connectivity index (χ3v) is 8.74. The predicted octanol–water partition coefficient (Wildman–Crippen LogP) is 4.38. The number of amides is 1. The van der Waals surface area contributed by atoms with Crippen molar-refractivity contribution in [2.45, 2.75) is 49.2 Å². The van der Waals surface area contributed by atoms with Gasteiger partial charge in [0.2, 0.25) is 5.91 Å². The number of carbonyl (C=O) groups excluding carboxylic acids is 1. The van der Waals surface area contributed by atoms with Crippen molar-refractivity contribution < 1.29 is 17.9 Å². The summed E-state index contributed by atoms with van der Waals surface area (Å²) >= 11 is 1.90. The lowest BCUT2D eigenvalue weighted by molar-refractivity contribution is -0.119. The maximum absolute atomic E-state index is 13.5. The first-order valence-electron chi connectivity index (χ1n) is 11.0. The molecule has 0 aromatic heterocycles. The van der Waals surface area contributed by atoms with Crippen molar-refractivity contribution in [1.82, 2.24) is 5.32 Å². The Kier molecular flexibility index (Phi) is 8.87. The smallest absolute Gasteiger partial charge is 0.264 e. The predicted molar refractivity (Wildman–Crippen MR) is 131 cm³/mol. The lowest BCUT2D eigenvalue weighted by Gasteiger charge is -2.26. The highest BCUT2D eigenvalue weighted by atomic mass is 32.2. The number of nitrogens with zero attached hydrogens (tertiary/aromatic N) is 1. The number of hydrogen-bond acceptors (Lipinski definition) is 5. The quantitative estimate of drug-likeness (QED) is 0.515. The van der Waals surface area contributed by atoms with Crippen molar-refractivity contribution in [2.75, 3.05) is 30.3 Å². The largest absolute Gasteiger partial charge is 0.495 e. The zero-order valence-electron chi connectivity index (χ0n) is 18.7. The summed E-state index contributed by atoms with van der Waals surface area (Å²) < 4.78 is 33.4. The van der Waals surface area contributed by atoms with Gasteiger partial charge in [0.1, 0.15) is 12.3 Å². The first-order valence-corrected chi connectivity index (χ1v) is 13.5. The van der Waals surface area contributed by atoms with Crippen LogP contribution in [0.5, 0.6) is 5.75 Å². The Bertz CT molecular complexity index is 987. The van der Waals surface area contributed by atoms with E-state index in [-0.39, 0.29) is 17.3 Å². The molecule has 3 rings (SSSR count). The topological polar surface area (TPSA) is 75.7 Å². The van der Waals surface area contributed by atoms with E-state index in [9.17, 15) is 13.2 Å². The molecule has 2 aromatic carbocycles. The molecule has 1 fully saturated rings. The van der Waals surface area contributed by atoms with Gasteiger partial charge in [-0.05, 0) is 44.0 Å². The molecular formula is C24H32N2O4S2. The van der Waals surface area contributed by atoms with Crippen LogP contribution in [0.3, 0.4) is 0 Å². The number of benzene rings is 2. The zero-order valence-corrected chi connectivity index (χ0v) is 20.4. The van der Waals surface area contributed by atoms with Crippen LogP contribution in [0.4, 0.5) is 5.69 Å². The highest BCUT2D eigenvalue weighted by Crippen LogP contribution is 2.32. The van der Waals surface area contributed by atoms with Crippen molar-refractivity contribution in [3.63, 3.8) is 0 Å². The number of para-hydroxylation sites is 2. The highest BCUT2D eigenvalue weighted by molar-refractivity contribution is 7.99. The van der Waals surface area contributed by atoms with Crippen LogP contribution < -0.4 is 14.4 Å². The second-order valence-electron chi connectivity index (χ2n) is 7.98. The van der Waals surface area contributed by atoms with E-state index in [0.29, 0.717) is 23.2 Å². The van der Waals surface area contributed by atoms with Gasteiger partial charge in [-0.1, -0.05) is 49.1 Å². The summed E-state index contributed by atoms with van der Waals surface area (Å²) in [6.07, 6.45) is 6.38. The lowest BCUT2D eigenvalue weighted by atomic mass is 10.0. The van der Waals surface area contributed by atoms with Crippen LogP contribution in [0, 0.1) is 6.92 Å². The molecule has 0 radical (unpaired) electrons. The maximum Gasteiger partial charge on any atom is 0.264 e. The summed E-state index contributed by atoms with van der Waals surface area (Å²) in [5.41, 5.74) is 1.29. The Morgan fingerprint density at radius 1 is 1.09 bits per heavy atom. The molecule has 32 heavy (non-hydrogen) atoms. The van der Waals surface area contributed by atoms with E-state index < -0.39 is 10.0 Å². The first kappa shape index (κ1) is 24.5. The molecule has 0 saturated heterocycles.